The van der Waals surface area contributed by atoms with Gasteiger partial charge in [0, 0.05) is 46.4 Å². The number of hydrogen-bond acceptors (Lipinski definition) is 5. The third-order valence-corrected chi connectivity index (χ3v) is 8.61. The number of anilines is 1. The molecule has 4 heterocycles. The van der Waals surface area contributed by atoms with Crippen molar-refractivity contribution in [2.75, 3.05) is 5.32 Å². The Morgan fingerprint density at radius 3 is 2.46 bits per heavy atom. The van der Waals surface area contributed by atoms with Crippen molar-refractivity contribution in [1.29, 1.82) is 0 Å². The molecule has 0 bridgehead atoms. The van der Waals surface area contributed by atoms with Crippen LogP contribution in [0.1, 0.15) is 43.6 Å². The predicted molar refractivity (Wildman–Crippen MR) is 180 cm³/mol. The maximum absolute atomic E-state index is 13.3. The van der Waals surface area contributed by atoms with Gasteiger partial charge in [-0.1, -0.05) is 35.9 Å². The van der Waals surface area contributed by atoms with E-state index in [2.05, 4.69) is 27.5 Å². The van der Waals surface area contributed by atoms with Crippen LogP contribution in [0.2, 0.25) is 0 Å². The third kappa shape index (κ3) is 4.93. The number of ether oxygens (including phenoxy) is 1. The number of aromatic nitrogens is 4. The van der Waals surface area contributed by atoms with Gasteiger partial charge in [0.25, 0.3) is 0 Å². The Kier molecular flexibility index (Phi) is 6.82. The van der Waals surface area contributed by atoms with Crippen molar-refractivity contribution in [3.63, 3.8) is 0 Å². The lowest BCUT2D eigenvalue weighted by Gasteiger charge is -2.30. The molecule has 46 heavy (non-hydrogen) atoms. The van der Waals surface area contributed by atoms with Crippen molar-refractivity contribution in [2.45, 2.75) is 52.9 Å². The quantitative estimate of drug-likeness (QED) is 0.202. The minimum Gasteiger partial charge on any atom is -0.479 e. The standard InChI is InChI=1S/C37H35N5O4/c1-20-7-9-22(10-8-20)32-26-17-29(24-13-14-38-27(16-24)23-11-12-28-25(15-23)18-39-41(28)6)42-19-30(43)40-33(34(26)42)21(2)31(32)35(36(44)45)46-37(3,4)5/h7-18,35H,19H2,1-6H3,(H,40,43)(H,44,45)/t35-/m0/s1. The molecule has 6 aromatic rings. The maximum Gasteiger partial charge on any atom is 0.337 e. The molecule has 9 nitrogen and oxygen atoms in total. The van der Waals surface area contributed by atoms with Crippen molar-refractivity contribution in [3.8, 4) is 33.6 Å². The molecule has 0 saturated carbocycles. The van der Waals surface area contributed by atoms with Gasteiger partial charge in [-0.3, -0.25) is 14.5 Å². The van der Waals surface area contributed by atoms with E-state index >= 15 is 0 Å². The molecule has 0 fully saturated rings. The van der Waals surface area contributed by atoms with Crippen molar-refractivity contribution in [1.82, 2.24) is 19.3 Å². The molecular formula is C37H35N5O4. The molecule has 3 aromatic heterocycles. The minimum absolute atomic E-state index is 0.123. The average molecular weight is 614 g/mol. The van der Waals surface area contributed by atoms with E-state index in [9.17, 15) is 14.7 Å². The van der Waals surface area contributed by atoms with E-state index in [1.165, 1.54) is 0 Å². The minimum atomic E-state index is -1.27. The van der Waals surface area contributed by atoms with Crippen molar-refractivity contribution < 1.29 is 19.4 Å². The fourth-order valence-corrected chi connectivity index (χ4v) is 6.55. The van der Waals surface area contributed by atoms with Gasteiger partial charge in [0.1, 0.15) is 6.54 Å². The smallest absolute Gasteiger partial charge is 0.337 e. The summed E-state index contributed by atoms with van der Waals surface area (Å²) in [7, 11) is 1.92. The van der Waals surface area contributed by atoms with Crippen LogP contribution < -0.4 is 5.32 Å². The molecule has 1 aliphatic rings. The van der Waals surface area contributed by atoms with Gasteiger partial charge in [0.05, 0.1) is 34.2 Å². The Morgan fingerprint density at radius 2 is 1.74 bits per heavy atom. The van der Waals surface area contributed by atoms with Crippen LogP contribution in [0.4, 0.5) is 5.69 Å². The van der Waals surface area contributed by atoms with Crippen LogP contribution in [0.3, 0.4) is 0 Å². The van der Waals surface area contributed by atoms with E-state index < -0.39 is 17.7 Å². The van der Waals surface area contributed by atoms with Crippen LogP contribution >= 0.6 is 0 Å². The van der Waals surface area contributed by atoms with Crippen LogP contribution in [-0.4, -0.2) is 41.9 Å². The summed E-state index contributed by atoms with van der Waals surface area (Å²) in [5.74, 6) is -1.27. The molecule has 3 aromatic carbocycles. The van der Waals surface area contributed by atoms with Crippen LogP contribution in [0.15, 0.2) is 73.1 Å². The number of carboxylic acids is 1. The topological polar surface area (TPSA) is 111 Å². The summed E-state index contributed by atoms with van der Waals surface area (Å²) in [6.07, 6.45) is 2.35. The number of fused-ring (bicyclic) bond motifs is 1. The Labute approximate surface area is 266 Å². The zero-order valence-corrected chi connectivity index (χ0v) is 26.7. The summed E-state index contributed by atoms with van der Waals surface area (Å²) in [5.41, 5.74) is 9.16. The number of carbonyl (C=O) groups is 2. The average Bonchev–Trinajstić information content (AvgIpc) is 3.58. The lowest BCUT2D eigenvalue weighted by Crippen LogP contribution is -2.29. The number of benzene rings is 3. The van der Waals surface area contributed by atoms with Gasteiger partial charge < -0.3 is 19.7 Å². The fourth-order valence-electron chi connectivity index (χ4n) is 6.55. The molecule has 2 N–H and O–H groups in total. The number of aryl methyl sites for hydroxylation is 2. The molecule has 9 heteroatoms. The van der Waals surface area contributed by atoms with Crippen LogP contribution in [0, 0.1) is 13.8 Å². The zero-order valence-electron chi connectivity index (χ0n) is 26.7. The van der Waals surface area contributed by atoms with E-state index in [1.807, 2.05) is 106 Å². The van der Waals surface area contributed by atoms with Gasteiger partial charge in [-0.15, -0.1) is 0 Å². The summed E-state index contributed by atoms with van der Waals surface area (Å²) < 4.78 is 10.1. The molecule has 0 saturated heterocycles. The zero-order chi connectivity index (χ0) is 32.5. The number of amides is 1. The normalized spacial score (nSPS) is 13.7. The lowest BCUT2D eigenvalue weighted by molar-refractivity contribution is -0.160. The van der Waals surface area contributed by atoms with Gasteiger partial charge in [-0.05, 0) is 81.6 Å². The maximum atomic E-state index is 13.3. The van der Waals surface area contributed by atoms with Crippen LogP contribution in [-0.2, 0) is 27.9 Å². The van der Waals surface area contributed by atoms with Crippen LogP contribution in [0.5, 0.6) is 0 Å². The Hall–Kier alpha value is -5.28. The molecule has 0 spiro atoms. The number of carboxylic acid groups (broad SMARTS) is 1. The van der Waals surface area contributed by atoms with E-state index in [4.69, 9.17) is 4.74 Å². The summed E-state index contributed by atoms with van der Waals surface area (Å²) in [4.78, 5) is 30.8. The van der Waals surface area contributed by atoms with Crippen molar-refractivity contribution >= 4 is 39.4 Å². The number of hydrogen-bond donors (Lipinski definition) is 2. The highest BCUT2D eigenvalue weighted by Crippen LogP contribution is 2.48. The highest BCUT2D eigenvalue weighted by Gasteiger charge is 2.36. The SMILES string of the molecule is Cc1ccc(-c2c([C@H](OC(C)(C)C)C(=O)O)c(C)c3c4c2cc(-c2ccnc(-c5ccc6c(cnn6C)c5)c2)n4CC(=O)N3)cc1. The van der Waals surface area contributed by atoms with Gasteiger partial charge in [0.2, 0.25) is 5.91 Å². The molecule has 7 rings (SSSR count). The molecule has 0 unspecified atom stereocenters. The van der Waals surface area contributed by atoms with Crippen molar-refractivity contribution in [3.05, 3.63) is 89.7 Å². The number of rotatable bonds is 6. The Morgan fingerprint density at radius 1 is 1.00 bits per heavy atom. The first-order valence-corrected chi connectivity index (χ1v) is 15.3. The predicted octanol–water partition coefficient (Wildman–Crippen LogP) is 7.43. The Bertz CT molecular complexity index is 2200. The first-order chi connectivity index (χ1) is 21.9. The summed E-state index contributed by atoms with van der Waals surface area (Å²) >= 11 is 0. The first-order valence-electron chi connectivity index (χ1n) is 15.3. The number of nitrogens with one attached hydrogen (secondary N) is 1. The number of aliphatic carboxylic acids is 1. The van der Waals surface area contributed by atoms with E-state index in [1.54, 1.807) is 6.20 Å². The summed E-state index contributed by atoms with van der Waals surface area (Å²) in [6, 6.07) is 20.3. The number of nitrogens with zero attached hydrogens (tertiary/aromatic N) is 4. The number of pyridine rings is 1. The van der Waals surface area contributed by atoms with Crippen molar-refractivity contribution in [2.24, 2.45) is 7.05 Å². The molecule has 0 radical (unpaired) electrons. The molecule has 1 aliphatic heterocycles. The highest BCUT2D eigenvalue weighted by atomic mass is 16.5. The van der Waals surface area contributed by atoms with Gasteiger partial charge >= 0.3 is 5.97 Å². The Balaban J connectivity index is 1.51. The largest absolute Gasteiger partial charge is 0.479 e. The third-order valence-electron chi connectivity index (χ3n) is 8.61. The second kappa shape index (κ2) is 10.7. The fraction of sp³-hybridized carbons (Fsp3) is 0.243. The van der Waals surface area contributed by atoms with E-state index in [-0.39, 0.29) is 12.5 Å². The second-order valence-electron chi connectivity index (χ2n) is 13.0. The second-order valence-corrected chi connectivity index (χ2v) is 13.0. The van der Waals surface area contributed by atoms with E-state index in [0.717, 1.165) is 61.0 Å². The summed E-state index contributed by atoms with van der Waals surface area (Å²) in [6.45, 7) is 9.54. The first kappa shape index (κ1) is 29.4. The van der Waals surface area contributed by atoms with Gasteiger partial charge in [-0.2, -0.15) is 5.10 Å². The monoisotopic (exact) mass is 613 g/mol. The highest BCUT2D eigenvalue weighted by molar-refractivity contribution is 6.14. The summed E-state index contributed by atoms with van der Waals surface area (Å²) in [5, 5.41) is 19.8. The molecule has 1 amide bonds. The molecular weight excluding hydrogens is 578 g/mol. The molecule has 232 valence electrons. The van der Waals surface area contributed by atoms with Crippen LogP contribution in [0.25, 0.3) is 55.4 Å². The van der Waals surface area contributed by atoms with Gasteiger partial charge in [-0.25, -0.2) is 4.79 Å². The molecule has 0 aliphatic carbocycles. The number of carbonyl (C=O) groups excluding carboxylic acids is 1. The van der Waals surface area contributed by atoms with E-state index in [0.29, 0.717) is 16.8 Å². The van der Waals surface area contributed by atoms with Gasteiger partial charge in [0.15, 0.2) is 6.10 Å². The lowest BCUT2D eigenvalue weighted by atomic mass is 9.87. The molecule has 1 atom stereocenters.